The molecule has 3 rings (SSSR count). The van der Waals surface area contributed by atoms with E-state index in [-0.39, 0.29) is 0 Å². The zero-order chi connectivity index (χ0) is 17.6. The number of nitrogens with zero attached hydrogens (tertiary/aromatic N) is 2. The quantitative estimate of drug-likeness (QED) is 0.837. The number of hydrogen-bond acceptors (Lipinski definition) is 6. The molecule has 0 spiro atoms. The molecule has 1 aromatic carbocycles. The Bertz CT molecular complexity index is 549. The third kappa shape index (κ3) is 4.44. The molecule has 2 aliphatic heterocycles. The van der Waals surface area contributed by atoms with Crippen molar-refractivity contribution in [1.82, 2.24) is 15.1 Å². The van der Waals surface area contributed by atoms with Gasteiger partial charge in [0, 0.05) is 51.4 Å². The third-order valence-corrected chi connectivity index (χ3v) is 5.28. The first-order valence-corrected chi connectivity index (χ1v) is 9.21. The summed E-state index contributed by atoms with van der Waals surface area (Å²) in [7, 11) is 3.38. The second-order valence-electron chi connectivity index (χ2n) is 6.83. The molecule has 6 nitrogen and oxygen atoms in total. The SMILES string of the molecule is COc1ccc(C(CN2CCOCC2)N2CCNCC2C)cc1OC. The fourth-order valence-corrected chi connectivity index (χ4v) is 3.81. The maximum Gasteiger partial charge on any atom is 0.161 e. The van der Waals surface area contributed by atoms with E-state index < -0.39 is 0 Å². The molecule has 2 aliphatic rings. The summed E-state index contributed by atoms with van der Waals surface area (Å²) in [5, 5.41) is 3.50. The van der Waals surface area contributed by atoms with Crippen LogP contribution in [0.5, 0.6) is 11.5 Å². The van der Waals surface area contributed by atoms with Gasteiger partial charge in [-0.05, 0) is 24.6 Å². The maximum atomic E-state index is 5.54. The Labute approximate surface area is 151 Å². The van der Waals surface area contributed by atoms with E-state index in [9.17, 15) is 0 Å². The minimum Gasteiger partial charge on any atom is -0.493 e. The van der Waals surface area contributed by atoms with Crippen LogP contribution in [0.25, 0.3) is 0 Å². The Morgan fingerprint density at radius 2 is 1.92 bits per heavy atom. The predicted octanol–water partition coefficient (Wildman–Crippen LogP) is 1.37. The molecular weight excluding hydrogens is 318 g/mol. The minimum atomic E-state index is 0.343. The van der Waals surface area contributed by atoms with Crippen LogP contribution in [0.2, 0.25) is 0 Å². The second-order valence-corrected chi connectivity index (χ2v) is 6.83. The fraction of sp³-hybridized carbons (Fsp3) is 0.684. The van der Waals surface area contributed by atoms with Crippen molar-refractivity contribution < 1.29 is 14.2 Å². The Kier molecular flexibility index (Phi) is 6.53. The highest BCUT2D eigenvalue weighted by Crippen LogP contribution is 2.33. The highest BCUT2D eigenvalue weighted by molar-refractivity contribution is 5.44. The normalized spacial score (nSPS) is 24.0. The summed E-state index contributed by atoms with van der Waals surface area (Å²) in [5.74, 6) is 1.58. The zero-order valence-electron chi connectivity index (χ0n) is 15.7. The number of ether oxygens (including phenoxy) is 3. The number of benzene rings is 1. The molecule has 1 N–H and O–H groups in total. The van der Waals surface area contributed by atoms with Gasteiger partial charge in [0.25, 0.3) is 0 Å². The van der Waals surface area contributed by atoms with Gasteiger partial charge in [-0.2, -0.15) is 0 Å². The van der Waals surface area contributed by atoms with Gasteiger partial charge in [0.05, 0.1) is 27.4 Å². The summed E-state index contributed by atoms with van der Waals surface area (Å²) in [6, 6.07) is 7.19. The Morgan fingerprint density at radius 3 is 2.60 bits per heavy atom. The summed E-state index contributed by atoms with van der Waals surface area (Å²) >= 11 is 0. The van der Waals surface area contributed by atoms with Gasteiger partial charge in [-0.3, -0.25) is 9.80 Å². The molecule has 2 heterocycles. The molecule has 6 heteroatoms. The van der Waals surface area contributed by atoms with E-state index in [0.29, 0.717) is 12.1 Å². The summed E-state index contributed by atoms with van der Waals surface area (Å²) in [4.78, 5) is 5.13. The van der Waals surface area contributed by atoms with E-state index in [4.69, 9.17) is 14.2 Å². The van der Waals surface area contributed by atoms with Crippen LogP contribution in [0, 0.1) is 0 Å². The number of rotatable bonds is 6. The minimum absolute atomic E-state index is 0.343. The maximum absolute atomic E-state index is 5.54. The van der Waals surface area contributed by atoms with Gasteiger partial charge < -0.3 is 19.5 Å². The molecule has 2 unspecified atom stereocenters. The number of hydrogen-bond donors (Lipinski definition) is 1. The average Bonchev–Trinajstić information content (AvgIpc) is 2.67. The van der Waals surface area contributed by atoms with Crippen molar-refractivity contribution >= 4 is 0 Å². The Hall–Kier alpha value is -1.34. The van der Waals surface area contributed by atoms with Crippen LogP contribution in [-0.4, -0.2) is 82.5 Å². The van der Waals surface area contributed by atoms with Crippen molar-refractivity contribution in [3.63, 3.8) is 0 Å². The van der Waals surface area contributed by atoms with E-state index in [1.54, 1.807) is 14.2 Å². The fourth-order valence-electron chi connectivity index (χ4n) is 3.81. The Balaban J connectivity index is 1.86. The summed E-state index contributed by atoms with van der Waals surface area (Å²) < 4.78 is 16.5. The molecule has 0 bridgehead atoms. The lowest BCUT2D eigenvalue weighted by Gasteiger charge is -2.42. The monoisotopic (exact) mass is 349 g/mol. The topological polar surface area (TPSA) is 46.2 Å². The van der Waals surface area contributed by atoms with Crippen molar-refractivity contribution in [3.8, 4) is 11.5 Å². The molecule has 2 fully saturated rings. The van der Waals surface area contributed by atoms with E-state index in [0.717, 1.165) is 64.0 Å². The second kappa shape index (κ2) is 8.85. The van der Waals surface area contributed by atoms with E-state index in [1.807, 2.05) is 6.07 Å². The summed E-state index contributed by atoms with van der Waals surface area (Å²) in [6.07, 6.45) is 0. The van der Waals surface area contributed by atoms with Crippen molar-refractivity contribution in [2.75, 3.05) is 66.7 Å². The van der Waals surface area contributed by atoms with Gasteiger partial charge in [0.1, 0.15) is 0 Å². The van der Waals surface area contributed by atoms with E-state index >= 15 is 0 Å². The van der Waals surface area contributed by atoms with Crippen molar-refractivity contribution in [1.29, 1.82) is 0 Å². The van der Waals surface area contributed by atoms with Crippen LogP contribution in [0.3, 0.4) is 0 Å². The van der Waals surface area contributed by atoms with Gasteiger partial charge in [0.15, 0.2) is 11.5 Å². The molecule has 140 valence electrons. The van der Waals surface area contributed by atoms with Crippen LogP contribution in [0.1, 0.15) is 18.5 Å². The first-order chi connectivity index (χ1) is 12.2. The first kappa shape index (κ1) is 18.5. The van der Waals surface area contributed by atoms with Crippen LogP contribution in [0.4, 0.5) is 0 Å². The van der Waals surface area contributed by atoms with E-state index in [2.05, 4.69) is 34.2 Å². The Morgan fingerprint density at radius 1 is 1.16 bits per heavy atom. The summed E-state index contributed by atoms with van der Waals surface area (Å²) in [5.41, 5.74) is 1.29. The standard InChI is InChI=1S/C19H31N3O3/c1-15-13-20-6-7-22(15)17(14-21-8-10-25-11-9-21)16-4-5-18(23-2)19(12-16)24-3/h4-5,12,15,17,20H,6-11,13-14H2,1-3H3. The zero-order valence-corrected chi connectivity index (χ0v) is 15.7. The molecule has 2 atom stereocenters. The van der Waals surface area contributed by atoms with Crippen molar-refractivity contribution in [3.05, 3.63) is 23.8 Å². The highest BCUT2D eigenvalue weighted by atomic mass is 16.5. The van der Waals surface area contributed by atoms with Crippen molar-refractivity contribution in [2.24, 2.45) is 0 Å². The molecule has 0 aliphatic carbocycles. The lowest BCUT2D eigenvalue weighted by molar-refractivity contribution is 0.0137. The average molecular weight is 349 g/mol. The molecule has 0 aromatic heterocycles. The van der Waals surface area contributed by atoms with Gasteiger partial charge >= 0.3 is 0 Å². The van der Waals surface area contributed by atoms with Crippen LogP contribution < -0.4 is 14.8 Å². The molecule has 0 saturated carbocycles. The predicted molar refractivity (Wildman–Crippen MR) is 98.6 cm³/mol. The van der Waals surface area contributed by atoms with Gasteiger partial charge in [0.2, 0.25) is 0 Å². The largest absolute Gasteiger partial charge is 0.493 e. The molecule has 25 heavy (non-hydrogen) atoms. The number of piperazine rings is 1. The van der Waals surface area contributed by atoms with Crippen molar-refractivity contribution in [2.45, 2.75) is 19.0 Å². The number of nitrogens with one attached hydrogen (secondary N) is 1. The highest BCUT2D eigenvalue weighted by Gasteiger charge is 2.29. The molecule has 1 aromatic rings. The number of methoxy groups -OCH3 is 2. The summed E-state index contributed by atoms with van der Waals surface area (Å²) in [6.45, 7) is 10.1. The molecular formula is C19H31N3O3. The smallest absolute Gasteiger partial charge is 0.161 e. The first-order valence-electron chi connectivity index (χ1n) is 9.21. The van der Waals surface area contributed by atoms with Crippen LogP contribution in [-0.2, 0) is 4.74 Å². The molecule has 2 saturated heterocycles. The van der Waals surface area contributed by atoms with Crippen LogP contribution >= 0.6 is 0 Å². The molecule has 0 radical (unpaired) electrons. The van der Waals surface area contributed by atoms with Gasteiger partial charge in [-0.1, -0.05) is 6.07 Å². The van der Waals surface area contributed by atoms with Gasteiger partial charge in [-0.15, -0.1) is 0 Å². The van der Waals surface area contributed by atoms with E-state index in [1.165, 1.54) is 5.56 Å². The number of morpholine rings is 1. The van der Waals surface area contributed by atoms with Gasteiger partial charge in [-0.25, -0.2) is 0 Å². The third-order valence-electron chi connectivity index (χ3n) is 5.28. The lowest BCUT2D eigenvalue weighted by Crippen LogP contribution is -2.53. The lowest BCUT2D eigenvalue weighted by atomic mass is 10.0. The van der Waals surface area contributed by atoms with Crippen LogP contribution in [0.15, 0.2) is 18.2 Å². The molecule has 0 amide bonds.